The molecule has 0 aromatic carbocycles. The lowest BCUT2D eigenvalue weighted by Crippen LogP contribution is -2.43. The van der Waals surface area contributed by atoms with E-state index in [9.17, 15) is 9.59 Å². The molecular weight excluding hydrogens is 502 g/mol. The van der Waals surface area contributed by atoms with E-state index >= 15 is 0 Å². The second-order valence-electron chi connectivity index (χ2n) is 10.7. The normalized spacial score (nSPS) is 14.0. The van der Waals surface area contributed by atoms with Crippen molar-refractivity contribution >= 4 is 17.5 Å². The van der Waals surface area contributed by atoms with Crippen LogP contribution in [-0.4, -0.2) is 53.1 Å². The summed E-state index contributed by atoms with van der Waals surface area (Å²) in [6, 6.07) is 9.98. The van der Waals surface area contributed by atoms with Crippen molar-refractivity contribution in [3.63, 3.8) is 0 Å². The van der Waals surface area contributed by atoms with E-state index in [0.29, 0.717) is 11.4 Å². The molecule has 1 aliphatic heterocycles. The largest absolute Gasteiger partial charge is 0.354 e. The lowest BCUT2D eigenvalue weighted by molar-refractivity contribution is 0.0946. The molecule has 0 spiro atoms. The van der Waals surface area contributed by atoms with Crippen LogP contribution in [0.4, 0.5) is 11.6 Å². The Morgan fingerprint density at radius 1 is 1.15 bits per heavy atom. The summed E-state index contributed by atoms with van der Waals surface area (Å²) in [7, 11) is 0. The number of aryl methyl sites for hydroxylation is 2. The first-order valence-electron chi connectivity index (χ1n) is 14.0. The number of carbonyl (C=O) groups excluding carboxylic acids is 1. The molecule has 4 rings (SSSR count). The number of rotatable bonds is 9. The maximum absolute atomic E-state index is 13.4. The van der Waals surface area contributed by atoms with Gasteiger partial charge in [0.2, 0.25) is 0 Å². The Labute approximate surface area is 236 Å². The molecule has 0 aliphatic carbocycles. The van der Waals surface area contributed by atoms with Crippen molar-refractivity contribution in [2.75, 3.05) is 36.0 Å². The van der Waals surface area contributed by atoms with Crippen LogP contribution in [0.3, 0.4) is 0 Å². The summed E-state index contributed by atoms with van der Waals surface area (Å²) in [6.07, 6.45) is 4.85. The molecular formula is C31H41N7O2. The van der Waals surface area contributed by atoms with Crippen LogP contribution in [0, 0.1) is 13.8 Å². The van der Waals surface area contributed by atoms with Crippen LogP contribution in [-0.2, 0) is 6.54 Å². The Bertz CT molecular complexity index is 1420. The molecule has 4 heterocycles. The number of nitrogens with one attached hydrogen (secondary N) is 3. The molecule has 3 aromatic rings. The van der Waals surface area contributed by atoms with Gasteiger partial charge in [0, 0.05) is 68.0 Å². The first-order valence-corrected chi connectivity index (χ1v) is 14.0. The maximum Gasteiger partial charge on any atom is 0.270 e. The summed E-state index contributed by atoms with van der Waals surface area (Å²) in [5.74, 6) is 1.30. The van der Waals surface area contributed by atoms with Crippen molar-refractivity contribution in [1.82, 2.24) is 25.6 Å². The predicted octanol–water partition coefficient (Wildman–Crippen LogP) is 4.32. The van der Waals surface area contributed by atoms with Gasteiger partial charge in [0.1, 0.15) is 17.3 Å². The summed E-state index contributed by atoms with van der Waals surface area (Å²) in [5.41, 5.74) is 5.16. The molecule has 1 amide bonds. The van der Waals surface area contributed by atoms with Crippen LogP contribution in [0.15, 0.2) is 53.1 Å². The number of anilines is 2. The number of pyridine rings is 3. The van der Waals surface area contributed by atoms with E-state index in [-0.39, 0.29) is 29.7 Å². The summed E-state index contributed by atoms with van der Waals surface area (Å²) in [6.45, 7) is 15.9. The third-order valence-corrected chi connectivity index (χ3v) is 7.21. The topological polar surface area (TPSA) is 106 Å². The third kappa shape index (κ3) is 6.96. The number of aromatic amines is 1. The summed E-state index contributed by atoms with van der Waals surface area (Å²) in [4.78, 5) is 42.7. The fraction of sp³-hybridized carbons (Fsp3) is 0.419. The Balaban J connectivity index is 1.70. The molecule has 40 heavy (non-hydrogen) atoms. The van der Waals surface area contributed by atoms with Crippen molar-refractivity contribution in [2.24, 2.45) is 0 Å². The Kier molecular flexibility index (Phi) is 9.37. The van der Waals surface area contributed by atoms with E-state index in [2.05, 4.69) is 51.5 Å². The van der Waals surface area contributed by atoms with Crippen LogP contribution < -0.4 is 26.0 Å². The van der Waals surface area contributed by atoms with Gasteiger partial charge in [0.05, 0.1) is 0 Å². The molecule has 1 atom stereocenters. The molecule has 3 N–H and O–H groups in total. The highest BCUT2D eigenvalue weighted by molar-refractivity contribution is 5.94. The molecule has 3 aromatic heterocycles. The SMILES string of the molecule is CC[C@@H](C)N(C=C(C)C)c1cc(-c2ccc(N3CCNCC3)nc2)cc(C(=O)NCc2c(C)cc(C)[nH]c2=O)n1. The highest BCUT2D eigenvalue weighted by Crippen LogP contribution is 2.28. The van der Waals surface area contributed by atoms with Gasteiger partial charge in [-0.2, -0.15) is 0 Å². The van der Waals surface area contributed by atoms with Gasteiger partial charge in [-0.1, -0.05) is 12.5 Å². The van der Waals surface area contributed by atoms with Crippen LogP contribution in [0.25, 0.3) is 11.1 Å². The van der Waals surface area contributed by atoms with Crippen molar-refractivity contribution in [2.45, 2.75) is 60.5 Å². The van der Waals surface area contributed by atoms with Crippen LogP contribution in [0.2, 0.25) is 0 Å². The van der Waals surface area contributed by atoms with Crippen molar-refractivity contribution < 1.29 is 4.79 Å². The fourth-order valence-electron chi connectivity index (χ4n) is 4.82. The monoisotopic (exact) mass is 543 g/mol. The number of allylic oxidation sites excluding steroid dienone is 1. The predicted molar refractivity (Wildman–Crippen MR) is 162 cm³/mol. The van der Waals surface area contributed by atoms with Crippen molar-refractivity contribution in [3.8, 4) is 11.1 Å². The zero-order valence-corrected chi connectivity index (χ0v) is 24.5. The van der Waals surface area contributed by atoms with Gasteiger partial charge in [-0.05, 0) is 82.5 Å². The third-order valence-electron chi connectivity index (χ3n) is 7.21. The number of piperazine rings is 1. The minimum Gasteiger partial charge on any atom is -0.354 e. The first kappa shape index (κ1) is 29.0. The number of nitrogens with zero attached hydrogens (tertiary/aromatic N) is 4. The van der Waals surface area contributed by atoms with E-state index in [1.54, 1.807) is 6.07 Å². The van der Waals surface area contributed by atoms with Gasteiger partial charge < -0.3 is 25.4 Å². The Morgan fingerprint density at radius 3 is 2.52 bits per heavy atom. The first-order chi connectivity index (χ1) is 19.2. The average Bonchev–Trinajstić information content (AvgIpc) is 2.95. The number of carbonyl (C=O) groups is 1. The quantitative estimate of drug-likeness (QED) is 0.369. The number of amides is 1. The lowest BCUT2D eigenvalue weighted by Gasteiger charge is -2.28. The van der Waals surface area contributed by atoms with Crippen molar-refractivity contribution in [3.05, 3.63) is 81.2 Å². The number of aromatic nitrogens is 3. The Hall–Kier alpha value is -3.98. The second kappa shape index (κ2) is 12.9. The smallest absolute Gasteiger partial charge is 0.270 e. The highest BCUT2D eigenvalue weighted by atomic mass is 16.2. The molecule has 9 nitrogen and oxygen atoms in total. The van der Waals surface area contributed by atoms with E-state index in [1.165, 1.54) is 0 Å². The van der Waals surface area contributed by atoms with Gasteiger partial charge >= 0.3 is 0 Å². The highest BCUT2D eigenvalue weighted by Gasteiger charge is 2.19. The van der Waals surface area contributed by atoms with Crippen LogP contribution >= 0.6 is 0 Å². The molecule has 212 valence electrons. The minimum atomic E-state index is -0.339. The number of hydrogen-bond acceptors (Lipinski definition) is 7. The van der Waals surface area contributed by atoms with E-state index < -0.39 is 0 Å². The van der Waals surface area contributed by atoms with Gasteiger partial charge in [0.25, 0.3) is 11.5 Å². The van der Waals surface area contributed by atoms with Gasteiger partial charge in [-0.15, -0.1) is 0 Å². The lowest BCUT2D eigenvalue weighted by atomic mass is 10.1. The summed E-state index contributed by atoms with van der Waals surface area (Å²) >= 11 is 0. The molecule has 1 saturated heterocycles. The zero-order valence-electron chi connectivity index (χ0n) is 24.5. The number of hydrogen-bond donors (Lipinski definition) is 3. The summed E-state index contributed by atoms with van der Waals surface area (Å²) in [5, 5.41) is 6.28. The maximum atomic E-state index is 13.4. The van der Waals surface area contributed by atoms with Gasteiger partial charge in [0.15, 0.2) is 0 Å². The van der Waals surface area contributed by atoms with Gasteiger partial charge in [-0.3, -0.25) is 9.59 Å². The minimum absolute atomic E-state index is 0.117. The van der Waals surface area contributed by atoms with E-state index in [0.717, 1.165) is 66.4 Å². The van der Waals surface area contributed by atoms with Crippen LogP contribution in [0.5, 0.6) is 0 Å². The van der Waals surface area contributed by atoms with Crippen molar-refractivity contribution in [1.29, 1.82) is 0 Å². The number of H-pyrrole nitrogens is 1. The molecule has 0 bridgehead atoms. The van der Waals surface area contributed by atoms with E-state index in [4.69, 9.17) is 9.97 Å². The molecule has 1 fully saturated rings. The average molecular weight is 544 g/mol. The zero-order chi connectivity index (χ0) is 28.8. The molecule has 0 saturated carbocycles. The fourth-order valence-corrected chi connectivity index (χ4v) is 4.82. The van der Waals surface area contributed by atoms with Gasteiger partial charge in [-0.25, -0.2) is 9.97 Å². The molecule has 9 heteroatoms. The van der Waals surface area contributed by atoms with E-state index in [1.807, 2.05) is 52.1 Å². The standard InChI is InChI=1S/C31H41N7O2/c1-7-23(6)38(19-20(2)3)29-16-25(24-8-9-28(33-17-24)37-12-10-32-11-13-37)15-27(36-29)31(40)34-18-26-21(4)14-22(5)35-30(26)39/h8-9,14-17,19,23,32H,7,10-13,18H2,1-6H3,(H,34,40)(H,35,39)/t23-/m1/s1. The van der Waals surface area contributed by atoms with Crippen LogP contribution in [0.1, 0.15) is 61.4 Å². The molecule has 0 radical (unpaired) electrons. The molecule has 0 unspecified atom stereocenters. The second-order valence-corrected chi connectivity index (χ2v) is 10.7. The summed E-state index contributed by atoms with van der Waals surface area (Å²) < 4.78 is 0. The Morgan fingerprint density at radius 2 is 1.90 bits per heavy atom. The molecule has 1 aliphatic rings.